The molecule has 1 heteroatoms. The number of benzene rings is 1. The second kappa shape index (κ2) is 5.72. The third kappa shape index (κ3) is 3.21. The van der Waals surface area contributed by atoms with E-state index in [0.29, 0.717) is 0 Å². The van der Waals surface area contributed by atoms with Gasteiger partial charge in [-0.3, -0.25) is 4.90 Å². The summed E-state index contributed by atoms with van der Waals surface area (Å²) in [5, 5.41) is 0. The summed E-state index contributed by atoms with van der Waals surface area (Å²) in [7, 11) is 0. The summed E-state index contributed by atoms with van der Waals surface area (Å²) in [6.07, 6.45) is 0. The van der Waals surface area contributed by atoms with E-state index in [1.54, 1.807) is 0 Å². The van der Waals surface area contributed by atoms with Gasteiger partial charge in [0, 0.05) is 6.54 Å². The fourth-order valence-electron chi connectivity index (χ4n) is 1.76. The first kappa shape index (κ1) is 12.0. The van der Waals surface area contributed by atoms with Gasteiger partial charge in [-0.1, -0.05) is 50.3 Å². The molecule has 1 rings (SSSR count). The maximum Gasteiger partial charge on any atom is 0.0239 e. The number of rotatable bonds is 5. The van der Waals surface area contributed by atoms with Gasteiger partial charge in [-0.15, -0.1) is 0 Å². The van der Waals surface area contributed by atoms with Gasteiger partial charge < -0.3 is 0 Å². The minimum absolute atomic E-state index is 1.02. The van der Waals surface area contributed by atoms with Gasteiger partial charge in [-0.2, -0.15) is 0 Å². The molecule has 0 aliphatic rings. The fraction of sp³-hybridized carbons (Fsp3) is 0.429. The Bertz CT molecular complexity index is 324. The third-order valence-corrected chi connectivity index (χ3v) is 2.77. The first-order chi connectivity index (χ1) is 7.19. The Morgan fingerprint density at radius 2 is 1.80 bits per heavy atom. The number of hydrogen-bond acceptors (Lipinski definition) is 1. The van der Waals surface area contributed by atoms with Crippen molar-refractivity contribution >= 4 is 5.57 Å². The molecule has 0 heterocycles. The first-order valence-electron chi connectivity index (χ1n) is 5.65. The molecule has 0 amide bonds. The second-order valence-electron chi connectivity index (χ2n) is 3.90. The van der Waals surface area contributed by atoms with E-state index in [2.05, 4.69) is 56.5 Å². The Morgan fingerprint density at radius 1 is 1.20 bits per heavy atom. The lowest BCUT2D eigenvalue weighted by atomic mass is 10.0. The van der Waals surface area contributed by atoms with Crippen molar-refractivity contribution in [1.29, 1.82) is 0 Å². The highest BCUT2D eigenvalue weighted by Gasteiger charge is 2.05. The lowest BCUT2D eigenvalue weighted by Crippen LogP contribution is -2.22. The summed E-state index contributed by atoms with van der Waals surface area (Å²) in [6, 6.07) is 8.53. The molecule has 0 aliphatic heterocycles. The van der Waals surface area contributed by atoms with Crippen molar-refractivity contribution in [3.8, 4) is 0 Å². The molecular formula is C14H21N. The maximum atomic E-state index is 4.03. The molecule has 0 N–H and O–H groups in total. The van der Waals surface area contributed by atoms with Crippen LogP contribution in [0.5, 0.6) is 0 Å². The molecule has 0 saturated carbocycles. The van der Waals surface area contributed by atoms with Gasteiger partial charge in [0.2, 0.25) is 0 Å². The van der Waals surface area contributed by atoms with E-state index in [1.807, 2.05) is 0 Å². The zero-order valence-electron chi connectivity index (χ0n) is 10.1. The quantitative estimate of drug-likeness (QED) is 0.707. The average Bonchev–Trinajstić information content (AvgIpc) is 2.26. The molecule has 15 heavy (non-hydrogen) atoms. The molecule has 0 aliphatic carbocycles. The van der Waals surface area contributed by atoms with Crippen molar-refractivity contribution in [2.75, 3.05) is 13.1 Å². The maximum absolute atomic E-state index is 4.03. The molecule has 1 aromatic rings. The molecule has 0 bridgehead atoms. The van der Waals surface area contributed by atoms with Gasteiger partial charge in [0.05, 0.1) is 0 Å². The summed E-state index contributed by atoms with van der Waals surface area (Å²) in [5.74, 6) is 0. The second-order valence-corrected chi connectivity index (χ2v) is 3.90. The fourth-order valence-corrected chi connectivity index (χ4v) is 1.76. The van der Waals surface area contributed by atoms with Crippen molar-refractivity contribution in [3.05, 3.63) is 42.0 Å². The number of nitrogens with zero attached hydrogens (tertiary/aromatic N) is 1. The van der Waals surface area contributed by atoms with Gasteiger partial charge >= 0.3 is 0 Å². The molecule has 0 fully saturated rings. The van der Waals surface area contributed by atoms with Crippen molar-refractivity contribution in [3.63, 3.8) is 0 Å². The Balaban J connectivity index is 2.88. The largest absolute Gasteiger partial charge is 0.300 e. The van der Waals surface area contributed by atoms with Crippen LogP contribution in [0.2, 0.25) is 0 Å². The van der Waals surface area contributed by atoms with Crippen LogP contribution in [-0.2, 0) is 6.54 Å². The van der Waals surface area contributed by atoms with Crippen molar-refractivity contribution in [2.45, 2.75) is 27.3 Å². The van der Waals surface area contributed by atoms with Crippen LogP contribution < -0.4 is 0 Å². The minimum Gasteiger partial charge on any atom is -0.300 e. The van der Waals surface area contributed by atoms with Gasteiger partial charge in [0.1, 0.15) is 0 Å². The van der Waals surface area contributed by atoms with Gasteiger partial charge in [0.25, 0.3) is 0 Å². The molecule has 0 atom stereocenters. The predicted octanol–water partition coefficient (Wildman–Crippen LogP) is 3.56. The lowest BCUT2D eigenvalue weighted by Gasteiger charge is -2.20. The SMILES string of the molecule is C=C(C)c1ccccc1CN(CC)CC. The summed E-state index contributed by atoms with van der Waals surface area (Å²) in [4.78, 5) is 2.42. The normalized spacial score (nSPS) is 10.7. The number of hydrogen-bond donors (Lipinski definition) is 0. The van der Waals surface area contributed by atoms with Crippen molar-refractivity contribution in [1.82, 2.24) is 4.90 Å². The van der Waals surface area contributed by atoms with Crippen molar-refractivity contribution in [2.24, 2.45) is 0 Å². The Kier molecular flexibility index (Phi) is 4.57. The molecular weight excluding hydrogens is 182 g/mol. The standard InChI is InChI=1S/C14H21N/c1-5-15(6-2)11-13-9-7-8-10-14(13)12(3)4/h7-10H,3,5-6,11H2,1-2,4H3. The first-order valence-corrected chi connectivity index (χ1v) is 5.65. The number of allylic oxidation sites excluding steroid dienone is 1. The van der Waals surface area contributed by atoms with Crippen LogP contribution in [0.1, 0.15) is 31.9 Å². The average molecular weight is 203 g/mol. The molecule has 0 spiro atoms. The van der Waals surface area contributed by atoms with Gasteiger partial charge in [-0.05, 0) is 31.1 Å². The summed E-state index contributed by atoms with van der Waals surface area (Å²) >= 11 is 0. The summed E-state index contributed by atoms with van der Waals surface area (Å²) < 4.78 is 0. The smallest absolute Gasteiger partial charge is 0.0239 e. The van der Waals surface area contributed by atoms with E-state index < -0.39 is 0 Å². The topological polar surface area (TPSA) is 3.24 Å². The van der Waals surface area contributed by atoms with Crippen LogP contribution >= 0.6 is 0 Å². The van der Waals surface area contributed by atoms with E-state index >= 15 is 0 Å². The third-order valence-electron chi connectivity index (χ3n) is 2.77. The van der Waals surface area contributed by atoms with E-state index in [9.17, 15) is 0 Å². The zero-order valence-corrected chi connectivity index (χ0v) is 10.1. The minimum atomic E-state index is 1.02. The van der Waals surface area contributed by atoms with Crippen LogP contribution in [0.3, 0.4) is 0 Å². The Hall–Kier alpha value is -1.08. The van der Waals surface area contributed by atoms with E-state index in [1.165, 1.54) is 11.1 Å². The Labute approximate surface area is 93.4 Å². The van der Waals surface area contributed by atoms with Crippen LogP contribution in [0.15, 0.2) is 30.8 Å². The molecule has 0 saturated heterocycles. The monoisotopic (exact) mass is 203 g/mol. The van der Waals surface area contributed by atoms with Crippen molar-refractivity contribution < 1.29 is 0 Å². The highest BCUT2D eigenvalue weighted by Crippen LogP contribution is 2.18. The van der Waals surface area contributed by atoms with Gasteiger partial charge in [-0.25, -0.2) is 0 Å². The van der Waals surface area contributed by atoms with Crippen LogP contribution in [-0.4, -0.2) is 18.0 Å². The molecule has 1 nitrogen and oxygen atoms in total. The van der Waals surface area contributed by atoms with Gasteiger partial charge in [0.15, 0.2) is 0 Å². The lowest BCUT2D eigenvalue weighted by molar-refractivity contribution is 0.295. The summed E-state index contributed by atoms with van der Waals surface area (Å²) in [5.41, 5.74) is 3.83. The van der Waals surface area contributed by atoms with Crippen LogP contribution in [0.25, 0.3) is 5.57 Å². The molecule has 0 radical (unpaired) electrons. The predicted molar refractivity (Wildman–Crippen MR) is 67.8 cm³/mol. The molecule has 82 valence electrons. The summed E-state index contributed by atoms with van der Waals surface area (Å²) in [6.45, 7) is 13.7. The van der Waals surface area contributed by atoms with Crippen LogP contribution in [0.4, 0.5) is 0 Å². The molecule has 0 aromatic heterocycles. The van der Waals surface area contributed by atoms with E-state index in [4.69, 9.17) is 0 Å². The Morgan fingerprint density at radius 3 is 2.33 bits per heavy atom. The molecule has 0 unspecified atom stereocenters. The zero-order chi connectivity index (χ0) is 11.3. The van der Waals surface area contributed by atoms with E-state index in [0.717, 1.165) is 25.2 Å². The van der Waals surface area contributed by atoms with E-state index in [-0.39, 0.29) is 0 Å². The van der Waals surface area contributed by atoms with Crippen LogP contribution in [0, 0.1) is 0 Å². The highest BCUT2D eigenvalue weighted by atomic mass is 15.1. The molecule has 1 aromatic carbocycles. The highest BCUT2D eigenvalue weighted by molar-refractivity contribution is 5.64.